The molecule has 0 saturated heterocycles. The van der Waals surface area contributed by atoms with Gasteiger partial charge in [0.1, 0.15) is 11.9 Å². The van der Waals surface area contributed by atoms with Gasteiger partial charge in [0.15, 0.2) is 0 Å². The predicted molar refractivity (Wildman–Crippen MR) is 77.3 cm³/mol. The fourth-order valence-corrected chi connectivity index (χ4v) is 2.69. The molecule has 0 fully saturated rings. The normalized spacial score (nSPS) is 21.2. The SMILES string of the molecule is CCCCc1ccc2c(c1)C(NOC)C(CCC)O2. The third-order valence-electron chi connectivity index (χ3n) is 3.70. The quantitative estimate of drug-likeness (QED) is 0.759. The number of aryl methyl sites for hydroxylation is 1. The molecule has 0 radical (unpaired) electrons. The molecule has 2 unspecified atom stereocenters. The Hall–Kier alpha value is -1.06. The summed E-state index contributed by atoms with van der Waals surface area (Å²) in [5.41, 5.74) is 5.73. The van der Waals surface area contributed by atoms with Gasteiger partial charge >= 0.3 is 0 Å². The largest absolute Gasteiger partial charge is 0.488 e. The molecule has 1 aliphatic heterocycles. The molecule has 2 rings (SSSR count). The third kappa shape index (κ3) is 3.28. The van der Waals surface area contributed by atoms with Crippen LogP contribution in [-0.4, -0.2) is 13.2 Å². The second-order valence-corrected chi connectivity index (χ2v) is 5.22. The van der Waals surface area contributed by atoms with Gasteiger partial charge in [-0.05, 0) is 30.9 Å². The molecule has 1 aliphatic rings. The highest BCUT2D eigenvalue weighted by Crippen LogP contribution is 2.39. The second kappa shape index (κ2) is 6.92. The van der Waals surface area contributed by atoms with E-state index in [0.717, 1.165) is 25.0 Å². The lowest BCUT2D eigenvalue weighted by molar-refractivity contribution is 0.0269. The first-order valence-electron chi connectivity index (χ1n) is 7.38. The van der Waals surface area contributed by atoms with E-state index in [1.54, 1.807) is 7.11 Å². The molecule has 3 nitrogen and oxygen atoms in total. The number of ether oxygens (including phenoxy) is 1. The van der Waals surface area contributed by atoms with Crippen molar-refractivity contribution in [3.8, 4) is 5.75 Å². The number of rotatable bonds is 7. The summed E-state index contributed by atoms with van der Waals surface area (Å²) in [6.45, 7) is 4.41. The smallest absolute Gasteiger partial charge is 0.124 e. The predicted octanol–water partition coefficient (Wildman–Crippen LogP) is 3.78. The van der Waals surface area contributed by atoms with Gasteiger partial charge in [-0.1, -0.05) is 38.8 Å². The van der Waals surface area contributed by atoms with Crippen molar-refractivity contribution in [2.75, 3.05) is 7.11 Å². The van der Waals surface area contributed by atoms with Crippen LogP contribution in [0.25, 0.3) is 0 Å². The lowest BCUT2D eigenvalue weighted by Gasteiger charge is -2.18. The number of unbranched alkanes of at least 4 members (excludes halogenated alkanes) is 1. The van der Waals surface area contributed by atoms with Gasteiger partial charge in [-0.2, -0.15) is 5.48 Å². The number of hydrogen-bond donors (Lipinski definition) is 1. The second-order valence-electron chi connectivity index (χ2n) is 5.22. The van der Waals surface area contributed by atoms with Gasteiger partial charge in [-0.25, -0.2) is 0 Å². The molecule has 3 heteroatoms. The van der Waals surface area contributed by atoms with Crippen molar-refractivity contribution in [1.82, 2.24) is 5.48 Å². The molecule has 0 bridgehead atoms. The van der Waals surface area contributed by atoms with E-state index in [2.05, 4.69) is 37.5 Å². The molecule has 1 aromatic rings. The first-order chi connectivity index (χ1) is 9.30. The third-order valence-corrected chi connectivity index (χ3v) is 3.70. The number of hydroxylamine groups is 1. The molecule has 2 atom stereocenters. The number of hydrogen-bond acceptors (Lipinski definition) is 3. The van der Waals surface area contributed by atoms with E-state index >= 15 is 0 Å². The first-order valence-corrected chi connectivity index (χ1v) is 7.38. The summed E-state index contributed by atoms with van der Waals surface area (Å²) in [5.74, 6) is 1.01. The van der Waals surface area contributed by atoms with Crippen LogP contribution in [0.2, 0.25) is 0 Å². The van der Waals surface area contributed by atoms with Crippen molar-refractivity contribution in [2.45, 2.75) is 58.1 Å². The summed E-state index contributed by atoms with van der Waals surface area (Å²) in [5, 5.41) is 0. The fraction of sp³-hybridized carbons (Fsp3) is 0.625. The monoisotopic (exact) mass is 263 g/mol. The van der Waals surface area contributed by atoms with E-state index in [-0.39, 0.29) is 12.1 Å². The van der Waals surface area contributed by atoms with Gasteiger partial charge < -0.3 is 9.57 Å². The molecule has 0 aromatic heterocycles. The molecule has 1 N–H and O–H groups in total. The van der Waals surface area contributed by atoms with Gasteiger partial charge in [0.2, 0.25) is 0 Å². The van der Waals surface area contributed by atoms with Crippen LogP contribution in [0.3, 0.4) is 0 Å². The van der Waals surface area contributed by atoms with Gasteiger partial charge in [0.05, 0.1) is 13.2 Å². The van der Waals surface area contributed by atoms with Crippen LogP contribution in [0.5, 0.6) is 5.75 Å². The van der Waals surface area contributed by atoms with E-state index in [0.29, 0.717) is 0 Å². The van der Waals surface area contributed by atoms with Crippen molar-refractivity contribution in [2.24, 2.45) is 0 Å². The van der Waals surface area contributed by atoms with Crippen LogP contribution >= 0.6 is 0 Å². The minimum atomic E-state index is 0.154. The highest BCUT2D eigenvalue weighted by molar-refractivity contribution is 5.43. The zero-order valence-electron chi connectivity index (χ0n) is 12.2. The van der Waals surface area contributed by atoms with E-state index in [9.17, 15) is 0 Å². The van der Waals surface area contributed by atoms with Crippen molar-refractivity contribution in [3.05, 3.63) is 29.3 Å². The zero-order valence-corrected chi connectivity index (χ0v) is 12.2. The molecule has 1 aromatic carbocycles. The summed E-state index contributed by atoms with van der Waals surface area (Å²) >= 11 is 0. The zero-order chi connectivity index (χ0) is 13.7. The molecule has 0 saturated carbocycles. The summed E-state index contributed by atoms with van der Waals surface area (Å²) in [7, 11) is 1.67. The minimum absolute atomic E-state index is 0.154. The maximum atomic E-state index is 6.03. The number of fused-ring (bicyclic) bond motifs is 1. The van der Waals surface area contributed by atoms with E-state index in [4.69, 9.17) is 9.57 Å². The Morgan fingerprint density at radius 3 is 2.79 bits per heavy atom. The van der Waals surface area contributed by atoms with Crippen LogP contribution in [0, 0.1) is 0 Å². The minimum Gasteiger partial charge on any atom is -0.488 e. The average molecular weight is 263 g/mol. The van der Waals surface area contributed by atoms with Crippen LogP contribution in [0.15, 0.2) is 18.2 Å². The van der Waals surface area contributed by atoms with E-state index in [1.165, 1.54) is 24.0 Å². The maximum Gasteiger partial charge on any atom is 0.124 e. The molecular formula is C16H25NO2. The Morgan fingerprint density at radius 2 is 2.11 bits per heavy atom. The Morgan fingerprint density at radius 1 is 1.26 bits per heavy atom. The fourth-order valence-electron chi connectivity index (χ4n) is 2.69. The molecular weight excluding hydrogens is 238 g/mol. The van der Waals surface area contributed by atoms with Crippen molar-refractivity contribution in [3.63, 3.8) is 0 Å². The highest BCUT2D eigenvalue weighted by atomic mass is 16.6. The Bertz CT molecular complexity index is 406. The van der Waals surface area contributed by atoms with Gasteiger partial charge in [-0.15, -0.1) is 0 Å². The molecule has 19 heavy (non-hydrogen) atoms. The van der Waals surface area contributed by atoms with Gasteiger partial charge in [0, 0.05) is 5.56 Å². The summed E-state index contributed by atoms with van der Waals surface area (Å²) < 4.78 is 6.03. The molecule has 0 spiro atoms. The van der Waals surface area contributed by atoms with E-state index in [1.807, 2.05) is 0 Å². The van der Waals surface area contributed by atoms with Crippen molar-refractivity contribution in [1.29, 1.82) is 0 Å². The van der Waals surface area contributed by atoms with E-state index < -0.39 is 0 Å². The summed E-state index contributed by atoms with van der Waals surface area (Å²) in [4.78, 5) is 5.15. The van der Waals surface area contributed by atoms with Crippen LogP contribution in [0.1, 0.15) is 56.7 Å². The number of benzene rings is 1. The van der Waals surface area contributed by atoms with Crippen LogP contribution in [-0.2, 0) is 11.3 Å². The van der Waals surface area contributed by atoms with Crippen LogP contribution in [0.4, 0.5) is 0 Å². The Balaban J connectivity index is 2.18. The molecule has 1 heterocycles. The van der Waals surface area contributed by atoms with Crippen molar-refractivity contribution >= 4 is 0 Å². The van der Waals surface area contributed by atoms with Crippen LogP contribution < -0.4 is 10.2 Å². The standard InChI is InChI=1S/C16H25NO2/c1-4-6-8-12-9-10-14-13(11-12)16(17-18-3)15(19-14)7-5-2/h9-11,15-17H,4-8H2,1-3H3. The Kier molecular flexibility index (Phi) is 5.23. The number of nitrogens with one attached hydrogen (secondary N) is 1. The molecule has 106 valence electrons. The Labute approximate surface area is 116 Å². The maximum absolute atomic E-state index is 6.03. The summed E-state index contributed by atoms with van der Waals surface area (Å²) in [6, 6.07) is 6.73. The lowest BCUT2D eigenvalue weighted by Crippen LogP contribution is -2.30. The molecule has 0 aliphatic carbocycles. The van der Waals surface area contributed by atoms with Crippen molar-refractivity contribution < 1.29 is 9.57 Å². The lowest BCUT2D eigenvalue weighted by atomic mass is 9.98. The van der Waals surface area contributed by atoms with Gasteiger partial charge in [-0.3, -0.25) is 0 Å². The highest BCUT2D eigenvalue weighted by Gasteiger charge is 2.33. The molecule has 0 amide bonds. The average Bonchev–Trinajstić information content (AvgIpc) is 2.75. The summed E-state index contributed by atoms with van der Waals surface area (Å²) in [6.07, 6.45) is 5.94. The van der Waals surface area contributed by atoms with Gasteiger partial charge in [0.25, 0.3) is 0 Å². The first kappa shape index (κ1) is 14.4. The topological polar surface area (TPSA) is 30.5 Å².